The van der Waals surface area contributed by atoms with Gasteiger partial charge in [-0.15, -0.1) is 23.2 Å². The molecule has 0 aromatic heterocycles. The van der Waals surface area contributed by atoms with Crippen molar-refractivity contribution in [1.29, 1.82) is 0 Å². The fourth-order valence-electron chi connectivity index (χ4n) is 3.14. The first-order valence-corrected chi connectivity index (χ1v) is 7.52. The minimum atomic E-state index is -1.47. The summed E-state index contributed by atoms with van der Waals surface area (Å²) in [5, 5.41) is 1.04. The number of allylic oxidation sites excluding steroid dienone is 4. The van der Waals surface area contributed by atoms with Crippen molar-refractivity contribution in [3.05, 3.63) is 21.2 Å². The van der Waals surface area contributed by atoms with E-state index in [4.69, 9.17) is 81.2 Å². The van der Waals surface area contributed by atoms with E-state index in [0.717, 1.165) is 0 Å². The predicted octanol–water partition coefficient (Wildman–Crippen LogP) is 5.59. The van der Waals surface area contributed by atoms with Crippen molar-refractivity contribution in [3.8, 4) is 0 Å². The predicted molar refractivity (Wildman–Crippen MR) is 75.9 cm³/mol. The lowest BCUT2D eigenvalue weighted by Gasteiger charge is -2.33. The van der Waals surface area contributed by atoms with Gasteiger partial charge in [-0.05, 0) is 12.3 Å². The summed E-state index contributed by atoms with van der Waals surface area (Å²) in [6.45, 7) is 0. The van der Waals surface area contributed by atoms with Gasteiger partial charge < -0.3 is 0 Å². The lowest BCUT2D eigenvalue weighted by atomic mass is 9.84. The van der Waals surface area contributed by atoms with Gasteiger partial charge >= 0.3 is 0 Å². The molecule has 3 aliphatic rings. The molecule has 0 N–H and O–H groups in total. The number of rotatable bonds is 0. The van der Waals surface area contributed by atoms with Crippen LogP contribution in [0.25, 0.3) is 0 Å². The van der Waals surface area contributed by atoms with E-state index in [1.165, 1.54) is 0 Å². The number of hydrogen-bond acceptors (Lipinski definition) is 0. The van der Waals surface area contributed by atoms with Crippen LogP contribution in [0.15, 0.2) is 21.2 Å². The Bertz CT molecular complexity index is 479. The molecule has 0 amide bonds. The minimum absolute atomic E-state index is 0.126. The molecule has 17 heavy (non-hydrogen) atoms. The topological polar surface area (TPSA) is 0 Å². The maximum atomic E-state index is 6.58. The maximum absolute atomic E-state index is 6.58. The maximum Gasteiger partial charge on any atom is 0.167 e. The molecule has 0 spiro atoms. The lowest BCUT2D eigenvalue weighted by Crippen LogP contribution is -2.45. The average Bonchev–Trinajstić information content (AvgIpc) is 2.73. The molecular weight excluding hydrogens is 368 g/mol. The molecule has 7 heteroatoms. The standard InChI is InChI=1S/C10H5Cl7/c11-4-2-1-3-5(4)9(15)7(13)6(12)8(3,14)10(9,16)17/h2-3,5H,1H2. The van der Waals surface area contributed by atoms with E-state index >= 15 is 0 Å². The summed E-state index contributed by atoms with van der Waals surface area (Å²) < 4.78 is -1.47. The van der Waals surface area contributed by atoms with Crippen molar-refractivity contribution in [2.24, 2.45) is 11.8 Å². The second-order valence-electron chi connectivity index (χ2n) is 4.53. The van der Waals surface area contributed by atoms with Crippen molar-refractivity contribution >= 4 is 81.2 Å². The van der Waals surface area contributed by atoms with Crippen molar-refractivity contribution in [2.75, 3.05) is 0 Å². The summed E-state index contributed by atoms with van der Waals surface area (Å²) in [5.74, 6) is -0.410. The Hall–Kier alpha value is 1.51. The zero-order chi connectivity index (χ0) is 12.8. The van der Waals surface area contributed by atoms with Crippen LogP contribution < -0.4 is 0 Å². The van der Waals surface area contributed by atoms with Crippen LogP contribution in [0, 0.1) is 11.8 Å². The van der Waals surface area contributed by atoms with Gasteiger partial charge in [0.1, 0.15) is 9.75 Å². The second kappa shape index (κ2) is 3.58. The van der Waals surface area contributed by atoms with Gasteiger partial charge in [0, 0.05) is 11.0 Å². The van der Waals surface area contributed by atoms with Gasteiger partial charge in [-0.1, -0.05) is 64.1 Å². The molecule has 1 fully saturated rings. The van der Waals surface area contributed by atoms with Crippen molar-refractivity contribution in [2.45, 2.75) is 20.5 Å². The Balaban J connectivity index is 2.32. The fourth-order valence-corrected chi connectivity index (χ4v) is 6.64. The summed E-state index contributed by atoms with van der Waals surface area (Å²) >= 11 is 44.4. The molecule has 3 rings (SSSR count). The Morgan fingerprint density at radius 2 is 1.47 bits per heavy atom. The van der Waals surface area contributed by atoms with Crippen LogP contribution in [0.5, 0.6) is 0 Å². The first kappa shape index (κ1) is 13.5. The van der Waals surface area contributed by atoms with Crippen LogP contribution in [-0.4, -0.2) is 14.1 Å². The van der Waals surface area contributed by atoms with E-state index < -0.39 is 14.1 Å². The van der Waals surface area contributed by atoms with E-state index in [1.807, 2.05) is 6.08 Å². The highest BCUT2D eigenvalue weighted by molar-refractivity contribution is 6.66. The number of fused-ring (bicyclic) bond motifs is 5. The normalized spacial score (nSPS) is 50.9. The summed E-state index contributed by atoms with van der Waals surface area (Å²) in [6.07, 6.45) is 2.51. The van der Waals surface area contributed by atoms with Crippen molar-refractivity contribution in [1.82, 2.24) is 0 Å². The highest BCUT2D eigenvalue weighted by Crippen LogP contribution is 2.79. The SMILES string of the molecule is ClC1=CCC2C1C1(Cl)C(Cl)=C(Cl)C2(Cl)C1(Cl)Cl. The Kier molecular flexibility index (Phi) is 2.84. The first-order valence-electron chi connectivity index (χ1n) is 4.88. The highest BCUT2D eigenvalue weighted by Gasteiger charge is 2.83. The highest BCUT2D eigenvalue weighted by atomic mass is 35.5. The van der Waals surface area contributed by atoms with Crippen LogP contribution in [0.2, 0.25) is 0 Å². The molecular formula is C10H5Cl7. The molecule has 0 aromatic carbocycles. The van der Waals surface area contributed by atoms with Crippen LogP contribution in [0.1, 0.15) is 6.42 Å². The fraction of sp³-hybridized carbons (Fsp3) is 0.600. The molecule has 3 aliphatic carbocycles. The van der Waals surface area contributed by atoms with E-state index in [-0.39, 0.29) is 21.9 Å². The first-order chi connectivity index (χ1) is 7.70. The van der Waals surface area contributed by atoms with Crippen LogP contribution in [0.4, 0.5) is 0 Å². The van der Waals surface area contributed by atoms with Gasteiger partial charge in [0.15, 0.2) is 4.33 Å². The summed E-state index contributed by atoms with van der Waals surface area (Å²) in [7, 11) is 0. The van der Waals surface area contributed by atoms with Crippen LogP contribution in [0.3, 0.4) is 0 Å². The van der Waals surface area contributed by atoms with Crippen LogP contribution >= 0.6 is 81.2 Å². The largest absolute Gasteiger partial charge is 0.167 e. The number of halogens is 7. The smallest absolute Gasteiger partial charge is 0.109 e. The van der Waals surface area contributed by atoms with Gasteiger partial charge in [0.25, 0.3) is 0 Å². The zero-order valence-electron chi connectivity index (χ0n) is 8.08. The Labute approximate surface area is 134 Å². The van der Waals surface area contributed by atoms with E-state index in [9.17, 15) is 0 Å². The third-order valence-corrected chi connectivity index (χ3v) is 8.64. The van der Waals surface area contributed by atoms with Gasteiger partial charge in [-0.3, -0.25) is 0 Å². The third-order valence-electron chi connectivity index (χ3n) is 3.95. The van der Waals surface area contributed by atoms with Gasteiger partial charge in [0.2, 0.25) is 0 Å². The van der Waals surface area contributed by atoms with Gasteiger partial charge in [-0.25, -0.2) is 0 Å². The molecule has 0 aliphatic heterocycles. The van der Waals surface area contributed by atoms with Crippen molar-refractivity contribution in [3.63, 3.8) is 0 Å². The summed E-state index contributed by atoms with van der Waals surface area (Å²) in [5.41, 5.74) is 0. The summed E-state index contributed by atoms with van der Waals surface area (Å²) in [4.78, 5) is -2.42. The molecule has 4 unspecified atom stereocenters. The summed E-state index contributed by atoms with van der Waals surface area (Å²) in [6, 6.07) is 0. The molecule has 2 bridgehead atoms. The Morgan fingerprint density at radius 3 is 2.06 bits per heavy atom. The number of alkyl halides is 4. The average molecular weight is 373 g/mol. The second-order valence-corrected chi connectivity index (χ2v) is 8.25. The molecule has 1 saturated carbocycles. The molecule has 0 aromatic rings. The van der Waals surface area contributed by atoms with E-state index in [0.29, 0.717) is 11.5 Å². The Morgan fingerprint density at radius 1 is 0.941 bits per heavy atom. The monoisotopic (exact) mass is 370 g/mol. The molecule has 0 radical (unpaired) electrons. The molecule has 0 nitrogen and oxygen atoms in total. The minimum Gasteiger partial charge on any atom is -0.109 e. The van der Waals surface area contributed by atoms with Gasteiger partial charge in [0.05, 0.1) is 10.1 Å². The molecule has 94 valence electrons. The number of hydrogen-bond donors (Lipinski definition) is 0. The third kappa shape index (κ3) is 1.15. The van der Waals surface area contributed by atoms with E-state index in [2.05, 4.69) is 0 Å². The van der Waals surface area contributed by atoms with Crippen molar-refractivity contribution < 1.29 is 0 Å². The lowest BCUT2D eigenvalue weighted by molar-refractivity contribution is 0.411. The molecule has 0 saturated heterocycles. The molecule has 4 atom stereocenters. The molecule has 0 heterocycles. The van der Waals surface area contributed by atoms with Crippen LogP contribution in [-0.2, 0) is 0 Å². The quantitative estimate of drug-likeness (QED) is 0.486. The zero-order valence-corrected chi connectivity index (χ0v) is 13.4. The van der Waals surface area contributed by atoms with E-state index in [1.54, 1.807) is 0 Å². The van der Waals surface area contributed by atoms with Gasteiger partial charge in [-0.2, -0.15) is 0 Å².